The fraction of sp³-hybridized carbons (Fsp3) is 0.812. The van der Waals surface area contributed by atoms with Crippen LogP contribution in [-0.4, -0.2) is 11.1 Å². The van der Waals surface area contributed by atoms with Gasteiger partial charge in [0, 0.05) is 5.57 Å². The van der Waals surface area contributed by atoms with E-state index in [1.807, 2.05) is 0 Å². The summed E-state index contributed by atoms with van der Waals surface area (Å²) in [5, 5.41) is 8.93. The predicted molar refractivity (Wildman–Crippen MR) is 73.4 cm³/mol. The molecule has 2 aliphatic carbocycles. The van der Waals surface area contributed by atoms with E-state index in [-0.39, 0.29) is 0 Å². The SMILES string of the molecule is C=C(CCC(C1CCCC1)C1CCCC1)C(=O)O. The maximum atomic E-state index is 10.9. The molecule has 0 amide bonds. The molecule has 2 rings (SSSR count). The number of carboxylic acid groups (broad SMARTS) is 1. The van der Waals surface area contributed by atoms with Crippen LogP contribution < -0.4 is 0 Å². The predicted octanol–water partition coefficient (Wildman–Crippen LogP) is 4.40. The molecule has 2 fully saturated rings. The number of rotatable bonds is 6. The molecule has 1 N–H and O–H groups in total. The fourth-order valence-electron chi connectivity index (χ4n) is 4.08. The van der Waals surface area contributed by atoms with Gasteiger partial charge < -0.3 is 5.11 Å². The molecule has 0 saturated heterocycles. The summed E-state index contributed by atoms with van der Waals surface area (Å²) in [7, 11) is 0. The van der Waals surface area contributed by atoms with E-state index in [9.17, 15) is 4.79 Å². The van der Waals surface area contributed by atoms with Crippen LogP contribution in [0, 0.1) is 17.8 Å². The lowest BCUT2D eigenvalue weighted by molar-refractivity contribution is -0.132. The second-order valence-corrected chi connectivity index (χ2v) is 6.20. The summed E-state index contributed by atoms with van der Waals surface area (Å²) < 4.78 is 0. The highest BCUT2D eigenvalue weighted by Crippen LogP contribution is 2.44. The summed E-state index contributed by atoms with van der Waals surface area (Å²) >= 11 is 0. The van der Waals surface area contributed by atoms with Crippen molar-refractivity contribution in [3.63, 3.8) is 0 Å². The van der Waals surface area contributed by atoms with Gasteiger partial charge in [-0.05, 0) is 30.6 Å². The number of aliphatic carboxylic acids is 1. The maximum Gasteiger partial charge on any atom is 0.330 e. The van der Waals surface area contributed by atoms with E-state index in [1.54, 1.807) is 0 Å². The number of hydrogen-bond donors (Lipinski definition) is 1. The van der Waals surface area contributed by atoms with Gasteiger partial charge in [-0.1, -0.05) is 57.9 Å². The Kier molecular flexibility index (Phi) is 4.85. The zero-order chi connectivity index (χ0) is 13.0. The molecular formula is C16H26O2. The summed E-state index contributed by atoms with van der Waals surface area (Å²) in [6, 6.07) is 0. The fourth-order valence-corrected chi connectivity index (χ4v) is 4.08. The third-order valence-corrected chi connectivity index (χ3v) is 5.09. The molecular weight excluding hydrogens is 224 g/mol. The average Bonchev–Trinajstić information content (AvgIpc) is 3.01. The Morgan fingerprint density at radius 3 is 1.89 bits per heavy atom. The van der Waals surface area contributed by atoms with Gasteiger partial charge in [0.05, 0.1) is 0 Å². The van der Waals surface area contributed by atoms with Crippen LogP contribution in [0.4, 0.5) is 0 Å². The number of hydrogen-bond acceptors (Lipinski definition) is 1. The molecule has 2 nitrogen and oxygen atoms in total. The van der Waals surface area contributed by atoms with Crippen molar-refractivity contribution in [1.82, 2.24) is 0 Å². The maximum absolute atomic E-state index is 10.9. The van der Waals surface area contributed by atoms with Crippen molar-refractivity contribution in [3.8, 4) is 0 Å². The Labute approximate surface area is 110 Å². The van der Waals surface area contributed by atoms with Gasteiger partial charge in [-0.15, -0.1) is 0 Å². The molecule has 102 valence electrons. The smallest absolute Gasteiger partial charge is 0.330 e. The molecule has 18 heavy (non-hydrogen) atoms. The molecule has 0 aliphatic heterocycles. The van der Waals surface area contributed by atoms with Crippen LogP contribution in [0.15, 0.2) is 12.2 Å². The first-order valence-corrected chi connectivity index (χ1v) is 7.59. The largest absolute Gasteiger partial charge is 0.478 e. The van der Waals surface area contributed by atoms with Crippen LogP contribution in [0.25, 0.3) is 0 Å². The highest BCUT2D eigenvalue weighted by molar-refractivity contribution is 5.85. The lowest BCUT2D eigenvalue weighted by Crippen LogP contribution is -2.21. The topological polar surface area (TPSA) is 37.3 Å². The van der Waals surface area contributed by atoms with E-state index < -0.39 is 5.97 Å². The van der Waals surface area contributed by atoms with E-state index in [2.05, 4.69) is 6.58 Å². The monoisotopic (exact) mass is 250 g/mol. The van der Waals surface area contributed by atoms with Crippen LogP contribution in [-0.2, 0) is 4.79 Å². The second-order valence-electron chi connectivity index (χ2n) is 6.20. The van der Waals surface area contributed by atoms with Crippen LogP contribution in [0.5, 0.6) is 0 Å². The molecule has 0 heterocycles. The normalized spacial score (nSPS) is 21.8. The van der Waals surface area contributed by atoms with Crippen molar-refractivity contribution >= 4 is 5.97 Å². The lowest BCUT2D eigenvalue weighted by Gasteiger charge is -2.29. The molecule has 0 bridgehead atoms. The minimum absolute atomic E-state index is 0.399. The van der Waals surface area contributed by atoms with Crippen molar-refractivity contribution in [3.05, 3.63) is 12.2 Å². The molecule has 0 spiro atoms. The van der Waals surface area contributed by atoms with E-state index >= 15 is 0 Å². The van der Waals surface area contributed by atoms with Crippen LogP contribution in [0.2, 0.25) is 0 Å². The van der Waals surface area contributed by atoms with Gasteiger partial charge in [0.25, 0.3) is 0 Å². The summed E-state index contributed by atoms with van der Waals surface area (Å²) in [4.78, 5) is 10.9. The molecule has 2 aliphatic rings. The average molecular weight is 250 g/mol. The zero-order valence-corrected chi connectivity index (χ0v) is 11.4. The van der Waals surface area contributed by atoms with Gasteiger partial charge in [0.1, 0.15) is 0 Å². The Bertz CT molecular complexity index is 280. The molecule has 0 aromatic carbocycles. The molecule has 0 atom stereocenters. The molecule has 0 radical (unpaired) electrons. The Hall–Kier alpha value is -0.790. The summed E-state index contributed by atoms with van der Waals surface area (Å²) in [5.74, 6) is 1.70. The quantitative estimate of drug-likeness (QED) is 0.709. The van der Waals surface area contributed by atoms with E-state index in [4.69, 9.17) is 5.11 Å². The first-order chi connectivity index (χ1) is 8.68. The Balaban J connectivity index is 1.91. The summed E-state index contributed by atoms with van der Waals surface area (Å²) in [6.07, 6.45) is 12.8. The van der Waals surface area contributed by atoms with Crippen molar-refractivity contribution < 1.29 is 9.90 Å². The summed E-state index contributed by atoms with van der Waals surface area (Å²) in [5.41, 5.74) is 0.399. The molecule has 0 aromatic heterocycles. The molecule has 0 aromatic rings. The van der Waals surface area contributed by atoms with Gasteiger partial charge in [-0.3, -0.25) is 0 Å². The number of carbonyl (C=O) groups is 1. The van der Waals surface area contributed by atoms with Gasteiger partial charge >= 0.3 is 5.97 Å². The highest BCUT2D eigenvalue weighted by atomic mass is 16.4. The second kappa shape index (κ2) is 6.40. The Morgan fingerprint density at radius 2 is 1.50 bits per heavy atom. The van der Waals surface area contributed by atoms with Gasteiger partial charge in [-0.25, -0.2) is 4.79 Å². The summed E-state index contributed by atoms with van der Waals surface area (Å²) in [6.45, 7) is 3.68. The van der Waals surface area contributed by atoms with Crippen molar-refractivity contribution in [2.75, 3.05) is 0 Å². The zero-order valence-electron chi connectivity index (χ0n) is 11.4. The van der Waals surface area contributed by atoms with Crippen molar-refractivity contribution in [1.29, 1.82) is 0 Å². The van der Waals surface area contributed by atoms with Gasteiger partial charge in [0.2, 0.25) is 0 Å². The van der Waals surface area contributed by atoms with Gasteiger partial charge in [-0.2, -0.15) is 0 Å². The number of carboxylic acids is 1. The molecule has 2 saturated carbocycles. The lowest BCUT2D eigenvalue weighted by atomic mass is 9.76. The molecule has 2 heteroatoms. The highest BCUT2D eigenvalue weighted by Gasteiger charge is 2.32. The van der Waals surface area contributed by atoms with E-state index in [0.717, 1.165) is 24.2 Å². The third-order valence-electron chi connectivity index (χ3n) is 5.09. The first kappa shape index (κ1) is 13.6. The minimum atomic E-state index is -0.813. The standard InChI is InChI=1S/C16H26O2/c1-12(16(17)18)10-11-15(13-6-2-3-7-13)14-8-4-5-9-14/h13-15H,1-11H2,(H,17,18). The van der Waals surface area contributed by atoms with Crippen molar-refractivity contribution in [2.45, 2.75) is 64.2 Å². The van der Waals surface area contributed by atoms with E-state index in [1.165, 1.54) is 51.4 Å². The van der Waals surface area contributed by atoms with Crippen molar-refractivity contribution in [2.24, 2.45) is 17.8 Å². The van der Waals surface area contributed by atoms with Crippen LogP contribution in [0.1, 0.15) is 64.2 Å². The minimum Gasteiger partial charge on any atom is -0.478 e. The van der Waals surface area contributed by atoms with Crippen LogP contribution >= 0.6 is 0 Å². The van der Waals surface area contributed by atoms with E-state index in [0.29, 0.717) is 12.0 Å². The van der Waals surface area contributed by atoms with Gasteiger partial charge in [0.15, 0.2) is 0 Å². The molecule has 0 unspecified atom stereocenters. The first-order valence-electron chi connectivity index (χ1n) is 7.59. The third kappa shape index (κ3) is 3.37. The van der Waals surface area contributed by atoms with Crippen LogP contribution in [0.3, 0.4) is 0 Å². The Morgan fingerprint density at radius 1 is 1.06 bits per heavy atom.